The van der Waals surface area contributed by atoms with Crippen molar-refractivity contribution < 1.29 is 27.8 Å². The van der Waals surface area contributed by atoms with Crippen LogP contribution < -0.4 is 0 Å². The van der Waals surface area contributed by atoms with Gasteiger partial charge in [-0.2, -0.15) is 15.5 Å². The average molecular weight is 899 g/mol. The average Bonchev–Trinajstić information content (AvgIpc) is 2.83. The Labute approximate surface area is 304 Å². The van der Waals surface area contributed by atoms with Crippen molar-refractivity contribution in [1.82, 2.24) is 0 Å². The minimum Gasteiger partial charge on any atom is -0.327 e. The molecule has 0 aromatic rings. The van der Waals surface area contributed by atoms with Crippen LogP contribution in [0.4, 0.5) is 15.5 Å². The highest BCUT2D eigenvalue weighted by atomic mass is 33.2. The van der Waals surface area contributed by atoms with Gasteiger partial charge in [0.1, 0.15) is 0 Å². The first kappa shape index (κ1) is 56.9. The fourth-order valence-electron chi connectivity index (χ4n) is 0.734. The molecule has 280 valence electrons. The highest BCUT2D eigenvalue weighted by Crippen LogP contribution is 2.61. The Balaban J connectivity index is -0.000000163. The summed E-state index contributed by atoms with van der Waals surface area (Å²) >= 11 is 0. The maximum absolute atomic E-state index is 12.2. The van der Waals surface area contributed by atoms with Crippen molar-refractivity contribution in [3.8, 4) is 0 Å². The van der Waals surface area contributed by atoms with E-state index in [0.717, 1.165) is 0 Å². The molecular formula is C21H63BF4O3S14. The molecule has 0 saturated heterocycles. The molecule has 0 unspecified atom stereocenters. The van der Waals surface area contributed by atoms with E-state index in [9.17, 15) is 15.5 Å². The van der Waals surface area contributed by atoms with E-state index in [1.54, 1.807) is 107 Å². The van der Waals surface area contributed by atoms with Crippen LogP contribution in [0, 0.1) is 0 Å². The number of hydrogen-bond donors (Lipinski definition) is 0. The van der Waals surface area contributed by atoms with Gasteiger partial charge in [0.25, 0.3) is 0 Å². The fourth-order valence-corrected chi connectivity index (χ4v) is 3.77. The Morgan fingerprint density at radius 3 is 0.512 bits per heavy atom. The van der Waals surface area contributed by atoms with E-state index in [0.29, 0.717) is 0 Å². The normalized spacial score (nSPS) is 15.4. The van der Waals surface area contributed by atoms with Crippen molar-refractivity contribution in [2.24, 2.45) is 0 Å². The Morgan fingerprint density at radius 1 is 0.326 bits per heavy atom. The van der Waals surface area contributed by atoms with Gasteiger partial charge >= 0.3 is 7.32 Å². The molecule has 0 fully saturated rings. The lowest BCUT2D eigenvalue weighted by atomic mass is 10.3. The molecular weight excluding hydrogens is 836 g/mol. The third kappa shape index (κ3) is 56.2. The van der Waals surface area contributed by atoms with Gasteiger partial charge in [-0.15, -0.1) is 28.0 Å². The first-order valence-corrected chi connectivity index (χ1v) is 40.3. The van der Waals surface area contributed by atoms with Crippen LogP contribution in [-0.2, 0) is 12.3 Å². The van der Waals surface area contributed by atoms with Gasteiger partial charge in [-0.3, -0.25) is 0 Å². The summed E-state index contributed by atoms with van der Waals surface area (Å²) in [5.41, 5.74) is 0. The molecule has 0 bridgehead atoms. The second-order valence-corrected chi connectivity index (χ2v) is 52.0. The first-order chi connectivity index (χ1) is 18.7. The van der Waals surface area contributed by atoms with Crippen LogP contribution in [0.15, 0.2) is 0 Å². The number of rotatable bonds is 13. The van der Waals surface area contributed by atoms with Gasteiger partial charge in [0, 0.05) is 50.0 Å². The van der Waals surface area contributed by atoms with Crippen molar-refractivity contribution in [2.45, 2.75) is 0 Å². The van der Waals surface area contributed by atoms with E-state index < -0.39 is 73.1 Å². The van der Waals surface area contributed by atoms with Crippen LogP contribution in [0.3, 0.4) is 0 Å². The summed E-state index contributed by atoms with van der Waals surface area (Å²) in [6.45, 7) is 0. The zero-order valence-electron chi connectivity index (χ0n) is 30.0. The summed E-state index contributed by atoms with van der Waals surface area (Å²) in [5.74, 6) is 0. The molecule has 0 aromatic heterocycles. The first-order valence-electron chi connectivity index (χ1n) is 11.6. The zero-order chi connectivity index (χ0) is 36.1. The molecule has 43 heavy (non-hydrogen) atoms. The van der Waals surface area contributed by atoms with Gasteiger partial charge in [0.15, 0.2) is 0 Å². The van der Waals surface area contributed by atoms with E-state index >= 15 is 0 Å². The third-order valence-corrected chi connectivity index (χ3v) is 28.6. The lowest BCUT2D eigenvalue weighted by Crippen LogP contribution is -2.28. The molecule has 0 rings (SSSR count). The summed E-state index contributed by atoms with van der Waals surface area (Å²) < 4.78 is 66.9. The summed E-state index contributed by atoms with van der Waals surface area (Å²) in [5, 5.41) is 0. The van der Waals surface area contributed by atoms with Gasteiger partial charge < -0.3 is 12.3 Å². The van der Waals surface area contributed by atoms with Crippen molar-refractivity contribution in [3.63, 3.8) is 0 Å². The van der Waals surface area contributed by atoms with Crippen molar-refractivity contribution in [2.75, 3.05) is 131 Å². The van der Waals surface area contributed by atoms with E-state index in [1.807, 2.05) is 0 Å². The van der Waals surface area contributed by atoms with Crippen LogP contribution in [0.2, 0.25) is 0 Å². The topological polar surface area (TPSA) is 27.7 Å². The summed E-state index contributed by atoms with van der Waals surface area (Å²) in [7, 11) is -0.793. The molecule has 0 spiro atoms. The maximum Gasteiger partial charge on any atom is 0.672 e. The molecule has 0 aliphatic carbocycles. The molecule has 0 saturated carbocycles. The smallest absolute Gasteiger partial charge is 0.327 e. The Hall–Kier alpha value is 4.56. The van der Waals surface area contributed by atoms with Gasteiger partial charge in [0.05, 0.1) is 0 Å². The molecule has 22 heteroatoms. The summed E-state index contributed by atoms with van der Waals surface area (Å²) in [6, 6.07) is 0. The highest BCUT2D eigenvalue weighted by Gasteiger charge is 2.36. The zero-order valence-corrected chi connectivity index (χ0v) is 41.5. The van der Waals surface area contributed by atoms with Crippen LogP contribution in [0.5, 0.6) is 0 Å². The Morgan fingerprint density at radius 2 is 0.442 bits per heavy atom. The molecule has 0 heterocycles. The summed E-state index contributed by atoms with van der Waals surface area (Å²) in [4.78, 5) is 0. The van der Waals surface area contributed by atoms with Crippen molar-refractivity contribution in [1.29, 1.82) is 0 Å². The molecule has 0 amide bonds. The lowest BCUT2D eigenvalue weighted by molar-refractivity contribution is 0.370. The third-order valence-electron chi connectivity index (χ3n) is 3.72. The Bertz CT molecular complexity index is 562. The van der Waals surface area contributed by atoms with Gasteiger partial charge in [-0.05, 0) is 119 Å². The number of hydrogen-bond acceptors (Lipinski definition) is 10. The van der Waals surface area contributed by atoms with Gasteiger partial charge in [0.2, 0.25) is 0 Å². The van der Waals surface area contributed by atoms with Crippen LogP contribution >= 0.6 is 141 Å². The van der Waals surface area contributed by atoms with Crippen molar-refractivity contribution >= 4 is 149 Å². The highest BCUT2D eigenvalue weighted by molar-refractivity contribution is 8.94. The lowest BCUT2D eigenvalue weighted by Gasteiger charge is -2.39. The molecule has 0 N–H and O–H groups in total. The van der Waals surface area contributed by atoms with E-state index in [1.165, 1.54) is 43.2 Å². The molecule has 0 aliphatic rings. The molecule has 0 radical (unpaired) electrons. The monoisotopic (exact) mass is 898 g/mol. The fraction of sp³-hybridized carbons (Fsp3) is 1.00. The minimum atomic E-state index is -1.75. The van der Waals surface area contributed by atoms with Gasteiger partial charge in [-0.25, -0.2) is 0 Å². The predicted molar refractivity (Wildman–Crippen MR) is 244 cm³/mol. The summed E-state index contributed by atoms with van der Waals surface area (Å²) in [6.07, 6.45) is 39.0. The maximum atomic E-state index is 12.2. The second kappa shape index (κ2) is 27.2. The predicted octanol–water partition coefficient (Wildman–Crippen LogP) is 13.6. The molecule has 0 aromatic carbocycles. The van der Waals surface area contributed by atoms with E-state index in [-0.39, 0.29) is 0 Å². The van der Waals surface area contributed by atoms with Crippen molar-refractivity contribution in [3.05, 3.63) is 0 Å². The molecule has 3 nitrogen and oxygen atoms in total. The van der Waals surface area contributed by atoms with Crippen LogP contribution in [-0.4, -0.2) is 139 Å². The standard InChI is InChI=1S/C9H27BO3S6.4C3H9FS2/c1-14-17(4,5)11-10(12-18(6,7)15-2)13-19(8,9)16-3;4*1-5-6(2,3)4/h1-9H3;4*1-3H3. The van der Waals surface area contributed by atoms with Crippen LogP contribution in [0.25, 0.3) is 0 Å². The minimum absolute atomic E-state index is 0.577. The quantitative estimate of drug-likeness (QED) is 0.101. The Kier molecular flexibility index (Phi) is 36.1. The van der Waals surface area contributed by atoms with E-state index in [4.69, 9.17) is 12.3 Å². The molecule has 0 atom stereocenters. The van der Waals surface area contributed by atoms with Crippen LogP contribution in [0.1, 0.15) is 0 Å². The largest absolute Gasteiger partial charge is 0.672 e. The van der Waals surface area contributed by atoms with Gasteiger partial charge in [-0.1, -0.05) is 75.6 Å². The molecule has 0 aliphatic heterocycles. The second-order valence-electron chi connectivity index (χ2n) is 9.63. The SMILES string of the molecule is CSS(C)(C)F.CSS(C)(C)F.CSS(C)(C)F.CSS(C)(C)F.CSS(C)(C)OB(OS(C)(C)SC)OS(C)(C)SC. The van der Waals surface area contributed by atoms with E-state index in [2.05, 4.69) is 56.3 Å². The number of halogens is 4.